The molecule has 42 heavy (non-hydrogen) atoms. The molecule has 0 spiro atoms. The van der Waals surface area contributed by atoms with Gasteiger partial charge in [-0.05, 0) is 51.4 Å². The van der Waals surface area contributed by atoms with Crippen LogP contribution in [0.15, 0.2) is 127 Å². The van der Waals surface area contributed by atoms with E-state index in [1.165, 1.54) is 43.4 Å². The maximum absolute atomic E-state index is 5.57. The average Bonchev–Trinajstić information content (AvgIpc) is 3.45. The lowest BCUT2D eigenvalue weighted by Crippen LogP contribution is -2.18. The summed E-state index contributed by atoms with van der Waals surface area (Å²) < 4.78 is 2.35. The minimum absolute atomic E-state index is 0.242. The molecule has 2 aromatic heterocycles. The van der Waals surface area contributed by atoms with E-state index in [-0.39, 0.29) is 5.41 Å². The molecule has 0 bridgehead atoms. The van der Waals surface area contributed by atoms with E-state index < -0.39 is 0 Å². The Bertz CT molecular complexity index is 2290. The Morgan fingerprint density at radius 1 is 0.524 bits per heavy atom. The van der Waals surface area contributed by atoms with Crippen molar-refractivity contribution < 1.29 is 0 Å². The number of hydrogen-bond donors (Lipinski definition) is 0. The minimum atomic E-state index is -0.242. The van der Waals surface area contributed by atoms with Gasteiger partial charge in [-0.25, -0.2) is 9.97 Å². The van der Waals surface area contributed by atoms with Gasteiger partial charge in [0.05, 0.1) is 22.4 Å². The van der Waals surface area contributed by atoms with Crippen molar-refractivity contribution in [3.63, 3.8) is 0 Å². The molecule has 1 aliphatic rings. The van der Waals surface area contributed by atoms with Gasteiger partial charge in [0.1, 0.15) is 5.69 Å². The summed E-state index contributed by atoms with van der Waals surface area (Å²) in [5.74, 6) is 0.859. The zero-order valence-electron chi connectivity index (χ0n) is 23.5. The highest BCUT2D eigenvalue weighted by Gasteiger charge is 2.39. The first kappa shape index (κ1) is 23.4. The Labute approximate surface area is 243 Å². The summed E-state index contributed by atoms with van der Waals surface area (Å²) in [4.78, 5) is 11.1. The van der Waals surface area contributed by atoms with Crippen molar-refractivity contribution in [3.05, 3.63) is 139 Å². The molecule has 3 heteroatoms. The lowest BCUT2D eigenvalue weighted by Gasteiger charge is -2.21. The van der Waals surface area contributed by atoms with E-state index in [2.05, 4.69) is 146 Å². The van der Waals surface area contributed by atoms with Gasteiger partial charge in [0.2, 0.25) is 0 Å². The Kier molecular flexibility index (Phi) is 4.67. The van der Waals surface area contributed by atoms with Gasteiger partial charge in [0.15, 0.2) is 5.82 Å². The summed E-state index contributed by atoms with van der Waals surface area (Å²) in [7, 11) is 0. The zero-order valence-corrected chi connectivity index (χ0v) is 23.5. The number of aromatic nitrogens is 3. The fraction of sp³-hybridized carbons (Fsp3) is 0.0769. The summed E-state index contributed by atoms with van der Waals surface area (Å²) in [5.41, 5.74) is 8.44. The standard InChI is InChI=1S/C39H27N3/c1-39(2)32-19-11-10-18-29(32)36-37(39)40-35(24-12-4-3-5-13-24)38(41-36)42-33-22-27-16-8-6-14-25(27)20-30(33)31-21-26-15-7-9-17-28(26)23-34(31)42/h3-23H,1-2H3. The maximum Gasteiger partial charge on any atom is 0.165 e. The predicted octanol–water partition coefficient (Wildman–Crippen LogP) is 9.85. The minimum Gasteiger partial charge on any atom is -0.292 e. The van der Waals surface area contributed by atoms with E-state index in [9.17, 15) is 0 Å². The molecule has 0 atom stereocenters. The zero-order chi connectivity index (χ0) is 28.0. The van der Waals surface area contributed by atoms with E-state index in [4.69, 9.17) is 9.97 Å². The number of nitrogens with zero attached hydrogens (tertiary/aromatic N) is 3. The Balaban J connectivity index is 1.48. The second kappa shape index (κ2) is 8.37. The monoisotopic (exact) mass is 537 g/mol. The van der Waals surface area contributed by atoms with Gasteiger partial charge in [0, 0.05) is 27.3 Å². The first-order valence-electron chi connectivity index (χ1n) is 14.5. The number of fused-ring (bicyclic) bond motifs is 8. The Morgan fingerprint density at radius 3 is 1.67 bits per heavy atom. The fourth-order valence-electron chi connectivity index (χ4n) is 6.97. The van der Waals surface area contributed by atoms with Gasteiger partial charge < -0.3 is 0 Å². The molecule has 3 nitrogen and oxygen atoms in total. The van der Waals surface area contributed by atoms with E-state index in [1.54, 1.807) is 0 Å². The van der Waals surface area contributed by atoms with Crippen molar-refractivity contribution in [2.75, 3.05) is 0 Å². The quantitative estimate of drug-likeness (QED) is 0.220. The van der Waals surface area contributed by atoms with Crippen molar-refractivity contribution in [1.82, 2.24) is 14.5 Å². The van der Waals surface area contributed by atoms with Crippen LogP contribution in [0.5, 0.6) is 0 Å². The largest absolute Gasteiger partial charge is 0.292 e. The molecule has 9 rings (SSSR count). The van der Waals surface area contributed by atoms with Crippen molar-refractivity contribution in [3.8, 4) is 28.3 Å². The van der Waals surface area contributed by atoms with Crippen molar-refractivity contribution in [2.24, 2.45) is 0 Å². The third-order valence-electron chi connectivity index (χ3n) is 9.08. The van der Waals surface area contributed by atoms with Crippen molar-refractivity contribution >= 4 is 43.4 Å². The van der Waals surface area contributed by atoms with Gasteiger partial charge in [-0.3, -0.25) is 4.57 Å². The molecule has 2 heterocycles. The first-order chi connectivity index (χ1) is 20.6. The van der Waals surface area contributed by atoms with Crippen LogP contribution in [0.4, 0.5) is 0 Å². The molecule has 0 N–H and O–H groups in total. The molecule has 0 aliphatic heterocycles. The summed E-state index contributed by atoms with van der Waals surface area (Å²) in [6, 6.07) is 45.7. The highest BCUT2D eigenvalue weighted by molar-refractivity contribution is 6.16. The van der Waals surface area contributed by atoms with E-state index >= 15 is 0 Å². The van der Waals surface area contributed by atoms with Crippen molar-refractivity contribution in [2.45, 2.75) is 19.3 Å². The number of hydrogen-bond acceptors (Lipinski definition) is 2. The van der Waals surface area contributed by atoms with Crippen LogP contribution in [0, 0.1) is 0 Å². The molecular formula is C39H27N3. The van der Waals surface area contributed by atoms with Crippen LogP contribution in [-0.2, 0) is 5.41 Å². The summed E-state index contributed by atoms with van der Waals surface area (Å²) in [6.45, 7) is 4.53. The molecule has 0 saturated carbocycles. The highest BCUT2D eigenvalue weighted by Crippen LogP contribution is 2.48. The number of rotatable bonds is 2. The maximum atomic E-state index is 5.57. The lowest BCUT2D eigenvalue weighted by molar-refractivity contribution is 0.635. The lowest BCUT2D eigenvalue weighted by atomic mass is 9.85. The van der Waals surface area contributed by atoms with Crippen LogP contribution in [-0.4, -0.2) is 14.5 Å². The van der Waals surface area contributed by atoms with Crippen LogP contribution in [0.2, 0.25) is 0 Å². The fourth-order valence-corrected chi connectivity index (χ4v) is 6.97. The molecule has 1 aliphatic carbocycles. The number of benzene rings is 6. The smallest absolute Gasteiger partial charge is 0.165 e. The molecule has 0 unspecified atom stereocenters. The molecule has 198 valence electrons. The Hall–Kier alpha value is -5.28. The Morgan fingerprint density at radius 2 is 1.05 bits per heavy atom. The van der Waals surface area contributed by atoms with Gasteiger partial charge in [-0.2, -0.15) is 0 Å². The van der Waals surface area contributed by atoms with E-state index in [0.717, 1.165) is 39.5 Å². The second-order valence-electron chi connectivity index (χ2n) is 11.9. The molecule has 0 fully saturated rings. The van der Waals surface area contributed by atoms with E-state index in [1.807, 2.05) is 0 Å². The van der Waals surface area contributed by atoms with Crippen LogP contribution < -0.4 is 0 Å². The molecule has 0 saturated heterocycles. The van der Waals surface area contributed by atoms with Gasteiger partial charge >= 0.3 is 0 Å². The molecule has 6 aromatic carbocycles. The van der Waals surface area contributed by atoms with Crippen molar-refractivity contribution in [1.29, 1.82) is 0 Å². The van der Waals surface area contributed by atoms with Gasteiger partial charge in [0.25, 0.3) is 0 Å². The molecule has 8 aromatic rings. The molecule has 0 amide bonds. The molecular weight excluding hydrogens is 510 g/mol. The third kappa shape index (κ3) is 3.16. The van der Waals surface area contributed by atoms with Crippen LogP contribution in [0.3, 0.4) is 0 Å². The summed E-state index contributed by atoms with van der Waals surface area (Å²) in [6.07, 6.45) is 0. The first-order valence-corrected chi connectivity index (χ1v) is 14.5. The predicted molar refractivity (Wildman–Crippen MR) is 174 cm³/mol. The molecule has 0 radical (unpaired) electrons. The van der Waals surface area contributed by atoms with Gasteiger partial charge in [-0.15, -0.1) is 0 Å². The van der Waals surface area contributed by atoms with Crippen LogP contribution in [0.25, 0.3) is 71.7 Å². The van der Waals surface area contributed by atoms with Crippen LogP contribution in [0.1, 0.15) is 25.1 Å². The normalized spacial score (nSPS) is 13.7. The second-order valence-corrected chi connectivity index (χ2v) is 11.9. The van der Waals surface area contributed by atoms with Gasteiger partial charge in [-0.1, -0.05) is 117 Å². The summed E-state index contributed by atoms with van der Waals surface area (Å²) >= 11 is 0. The third-order valence-corrected chi connectivity index (χ3v) is 9.08. The SMILES string of the molecule is CC1(C)c2ccccc2-c2nc(-n3c4cc5ccccc5cc4c4cc5ccccc5cc43)c(-c3ccccc3)nc21. The highest BCUT2D eigenvalue weighted by atomic mass is 15.1. The summed E-state index contributed by atoms with van der Waals surface area (Å²) in [5, 5.41) is 7.32. The van der Waals surface area contributed by atoms with Crippen LogP contribution >= 0.6 is 0 Å². The van der Waals surface area contributed by atoms with E-state index in [0.29, 0.717) is 0 Å². The average molecular weight is 538 g/mol. The topological polar surface area (TPSA) is 30.7 Å².